The van der Waals surface area contributed by atoms with Crippen LogP contribution in [0.5, 0.6) is 5.75 Å². The van der Waals surface area contributed by atoms with E-state index < -0.39 is 11.7 Å². The number of alkyl halides is 3. The van der Waals surface area contributed by atoms with Gasteiger partial charge in [0, 0.05) is 31.8 Å². The van der Waals surface area contributed by atoms with Gasteiger partial charge in [-0.2, -0.15) is 13.2 Å². The van der Waals surface area contributed by atoms with Gasteiger partial charge in [-0.05, 0) is 73.9 Å². The number of carbonyl (C=O) groups excluding carboxylic acids is 1. The molecule has 2 atom stereocenters. The van der Waals surface area contributed by atoms with Crippen LogP contribution in [-0.4, -0.2) is 49.3 Å². The first-order valence-electron chi connectivity index (χ1n) is 12.6. The van der Waals surface area contributed by atoms with Gasteiger partial charge in [0.05, 0.1) is 18.6 Å². The number of amides is 1. The molecule has 2 aromatic carbocycles. The number of nitrogens with zero attached hydrogens (tertiary/aromatic N) is 1. The largest absolute Gasteiger partial charge is 0.491 e. The maximum Gasteiger partial charge on any atom is 0.416 e. The van der Waals surface area contributed by atoms with Gasteiger partial charge in [0.25, 0.3) is 0 Å². The first-order valence-corrected chi connectivity index (χ1v) is 12.6. The zero-order valence-corrected chi connectivity index (χ0v) is 21.2. The molecule has 8 heteroatoms. The quantitative estimate of drug-likeness (QED) is 0.477. The predicted octanol–water partition coefficient (Wildman–Crippen LogP) is 5.20. The second-order valence-corrected chi connectivity index (χ2v) is 9.94. The van der Waals surface area contributed by atoms with Crippen molar-refractivity contribution < 1.29 is 27.4 Å². The molecule has 1 amide bonds. The number of methoxy groups -OCH3 is 1. The van der Waals surface area contributed by atoms with Crippen molar-refractivity contribution in [2.24, 2.45) is 0 Å². The maximum atomic E-state index is 13.3. The summed E-state index contributed by atoms with van der Waals surface area (Å²) in [6, 6.07) is 10.2. The van der Waals surface area contributed by atoms with Gasteiger partial charge in [0.15, 0.2) is 0 Å². The Bertz CT molecular complexity index is 1060. The monoisotopic (exact) mass is 504 g/mol. The van der Waals surface area contributed by atoms with Crippen LogP contribution in [0.4, 0.5) is 13.2 Å². The van der Waals surface area contributed by atoms with Gasteiger partial charge in [-0.25, -0.2) is 0 Å². The van der Waals surface area contributed by atoms with Crippen molar-refractivity contribution in [2.75, 3.05) is 20.3 Å². The normalized spacial score (nSPS) is 22.0. The number of carbonyl (C=O) groups is 1. The zero-order valence-electron chi connectivity index (χ0n) is 21.2. The lowest BCUT2D eigenvalue weighted by Gasteiger charge is -2.39. The molecule has 2 fully saturated rings. The Labute approximate surface area is 211 Å². The molecule has 196 valence electrons. The van der Waals surface area contributed by atoms with Crippen molar-refractivity contribution in [3.05, 3.63) is 64.2 Å². The van der Waals surface area contributed by atoms with E-state index in [0.29, 0.717) is 25.3 Å². The van der Waals surface area contributed by atoms with Gasteiger partial charge in [0.2, 0.25) is 5.91 Å². The summed E-state index contributed by atoms with van der Waals surface area (Å²) in [5.74, 6) is 0.532. The molecule has 36 heavy (non-hydrogen) atoms. The van der Waals surface area contributed by atoms with E-state index in [4.69, 9.17) is 9.47 Å². The standard InChI is InChI=1S/C28H35F3N2O3/c1-18-19(2)26(36-13-12-35-3)11-8-21(18)17-33-23-9-10-24(33)16-22(15-23)32-27(34)14-20-6-4-5-7-25(20)28(29,30)31/h4-8,11,22-24H,9-10,12-17H2,1-3H3,(H,32,34). The first-order chi connectivity index (χ1) is 17.2. The van der Waals surface area contributed by atoms with Gasteiger partial charge in [-0.15, -0.1) is 0 Å². The number of rotatable bonds is 9. The van der Waals surface area contributed by atoms with Crippen molar-refractivity contribution in [2.45, 2.75) is 76.8 Å². The molecule has 0 aliphatic carbocycles. The lowest BCUT2D eigenvalue weighted by molar-refractivity contribution is -0.138. The number of ether oxygens (including phenoxy) is 2. The molecule has 0 saturated carbocycles. The molecule has 1 N–H and O–H groups in total. The maximum absolute atomic E-state index is 13.3. The van der Waals surface area contributed by atoms with Crippen LogP contribution in [-0.2, 0) is 28.7 Å². The molecule has 4 rings (SSSR count). The molecule has 2 aromatic rings. The molecule has 5 nitrogen and oxygen atoms in total. The molecule has 2 saturated heterocycles. The summed E-state index contributed by atoms with van der Waals surface area (Å²) in [5, 5.41) is 3.02. The van der Waals surface area contributed by atoms with Crippen LogP contribution >= 0.6 is 0 Å². The van der Waals surface area contributed by atoms with Crippen molar-refractivity contribution in [1.82, 2.24) is 10.2 Å². The second-order valence-electron chi connectivity index (χ2n) is 9.94. The van der Waals surface area contributed by atoms with E-state index in [-0.39, 0.29) is 23.9 Å². The number of hydrogen-bond donors (Lipinski definition) is 1. The highest BCUT2D eigenvalue weighted by atomic mass is 19.4. The number of halogens is 3. The van der Waals surface area contributed by atoms with Crippen LogP contribution in [0.15, 0.2) is 36.4 Å². The van der Waals surface area contributed by atoms with Gasteiger partial charge in [-0.1, -0.05) is 24.3 Å². The molecule has 2 bridgehead atoms. The highest BCUT2D eigenvalue weighted by Gasteiger charge is 2.41. The van der Waals surface area contributed by atoms with Gasteiger partial charge >= 0.3 is 6.18 Å². The molecule has 0 aromatic heterocycles. The van der Waals surface area contributed by atoms with Crippen LogP contribution in [0, 0.1) is 13.8 Å². The Morgan fingerprint density at radius 3 is 2.36 bits per heavy atom. The van der Waals surface area contributed by atoms with Crippen molar-refractivity contribution in [1.29, 1.82) is 0 Å². The fraction of sp³-hybridized carbons (Fsp3) is 0.536. The van der Waals surface area contributed by atoms with Crippen LogP contribution < -0.4 is 10.1 Å². The summed E-state index contributed by atoms with van der Waals surface area (Å²) < 4.78 is 50.8. The third-order valence-electron chi connectivity index (χ3n) is 7.67. The van der Waals surface area contributed by atoms with Crippen LogP contribution in [0.25, 0.3) is 0 Å². The third-order valence-corrected chi connectivity index (χ3v) is 7.67. The van der Waals surface area contributed by atoms with E-state index in [2.05, 4.69) is 30.1 Å². The molecule has 2 heterocycles. The average molecular weight is 505 g/mol. The van der Waals surface area contributed by atoms with Crippen molar-refractivity contribution >= 4 is 5.91 Å². The summed E-state index contributed by atoms with van der Waals surface area (Å²) in [6.07, 6.45) is -0.943. The molecule has 2 aliphatic heterocycles. The molecule has 0 radical (unpaired) electrons. The summed E-state index contributed by atoms with van der Waals surface area (Å²) in [4.78, 5) is 15.2. The number of nitrogens with one attached hydrogen (secondary N) is 1. The number of fused-ring (bicyclic) bond motifs is 2. The minimum atomic E-state index is -4.47. The number of piperidine rings is 1. The number of benzene rings is 2. The highest BCUT2D eigenvalue weighted by molar-refractivity contribution is 5.79. The van der Waals surface area contributed by atoms with Crippen molar-refractivity contribution in [3.8, 4) is 5.75 Å². The summed E-state index contributed by atoms with van der Waals surface area (Å²) in [6.45, 7) is 6.11. The molecule has 2 aliphatic rings. The topological polar surface area (TPSA) is 50.8 Å². The molecule has 2 unspecified atom stereocenters. The summed E-state index contributed by atoms with van der Waals surface area (Å²) >= 11 is 0. The smallest absolute Gasteiger partial charge is 0.416 e. The van der Waals surface area contributed by atoms with E-state index >= 15 is 0 Å². The van der Waals surface area contributed by atoms with Crippen LogP contribution in [0.3, 0.4) is 0 Å². The van der Waals surface area contributed by atoms with Crippen molar-refractivity contribution in [3.63, 3.8) is 0 Å². The third kappa shape index (κ3) is 6.03. The highest BCUT2D eigenvalue weighted by Crippen LogP contribution is 2.38. The van der Waals surface area contributed by atoms with E-state index in [9.17, 15) is 18.0 Å². The first kappa shape index (κ1) is 26.5. The Morgan fingerprint density at radius 2 is 1.69 bits per heavy atom. The SMILES string of the molecule is COCCOc1ccc(CN2C3CCC2CC(NC(=O)Cc2ccccc2C(F)(F)F)C3)c(C)c1C. The lowest BCUT2D eigenvalue weighted by atomic mass is 9.94. The zero-order chi connectivity index (χ0) is 25.9. The average Bonchev–Trinajstić information content (AvgIpc) is 3.05. The Balaban J connectivity index is 1.35. The second kappa shape index (κ2) is 11.2. The predicted molar refractivity (Wildman–Crippen MR) is 132 cm³/mol. The van der Waals surface area contributed by atoms with Gasteiger partial charge in [-0.3, -0.25) is 9.69 Å². The van der Waals surface area contributed by atoms with Gasteiger partial charge < -0.3 is 14.8 Å². The lowest BCUT2D eigenvalue weighted by Crippen LogP contribution is -2.50. The number of hydrogen-bond acceptors (Lipinski definition) is 4. The Kier molecular flexibility index (Phi) is 8.25. The summed E-state index contributed by atoms with van der Waals surface area (Å²) in [5.41, 5.74) is 2.91. The van der Waals surface area contributed by atoms with Crippen LogP contribution in [0.1, 0.15) is 53.5 Å². The van der Waals surface area contributed by atoms with E-state index in [1.807, 2.05) is 6.07 Å². The Hall–Kier alpha value is -2.58. The van der Waals surface area contributed by atoms with Gasteiger partial charge in [0.1, 0.15) is 12.4 Å². The molecular formula is C28H35F3N2O3. The fourth-order valence-corrected chi connectivity index (χ4v) is 5.66. The van der Waals surface area contributed by atoms with E-state index in [0.717, 1.165) is 49.6 Å². The Morgan fingerprint density at radius 1 is 1.00 bits per heavy atom. The van der Waals surface area contributed by atoms with Crippen LogP contribution in [0.2, 0.25) is 0 Å². The minimum Gasteiger partial charge on any atom is -0.491 e. The molecule has 0 spiro atoms. The fourth-order valence-electron chi connectivity index (χ4n) is 5.66. The van der Waals surface area contributed by atoms with E-state index in [1.165, 1.54) is 23.3 Å². The minimum absolute atomic E-state index is 0.0105. The molecular weight excluding hydrogens is 469 g/mol. The van der Waals surface area contributed by atoms with E-state index in [1.54, 1.807) is 13.2 Å². The summed E-state index contributed by atoms with van der Waals surface area (Å²) in [7, 11) is 1.65.